The van der Waals surface area contributed by atoms with E-state index in [9.17, 15) is 4.79 Å². The fourth-order valence-electron chi connectivity index (χ4n) is 3.01. The second-order valence-electron chi connectivity index (χ2n) is 6.01. The highest BCUT2D eigenvalue weighted by atomic mass is 16.5. The number of aryl methyl sites for hydroxylation is 2. The highest BCUT2D eigenvalue weighted by molar-refractivity contribution is 5.73. The van der Waals surface area contributed by atoms with E-state index in [1.54, 1.807) is 13.8 Å². The summed E-state index contributed by atoms with van der Waals surface area (Å²) in [5.74, 6) is 2.15. The van der Waals surface area contributed by atoms with E-state index in [-0.39, 0.29) is 11.9 Å². The summed E-state index contributed by atoms with van der Waals surface area (Å²) in [5, 5.41) is 3.89. The Balaban J connectivity index is 1.63. The van der Waals surface area contributed by atoms with Crippen molar-refractivity contribution in [3.05, 3.63) is 29.9 Å². The zero-order valence-corrected chi connectivity index (χ0v) is 13.8. The van der Waals surface area contributed by atoms with E-state index < -0.39 is 0 Å². The summed E-state index contributed by atoms with van der Waals surface area (Å²) in [4.78, 5) is 24.7. The van der Waals surface area contributed by atoms with Crippen LogP contribution in [0, 0.1) is 6.92 Å². The fourth-order valence-corrected chi connectivity index (χ4v) is 3.01. The van der Waals surface area contributed by atoms with Crippen LogP contribution in [0.1, 0.15) is 30.9 Å². The first-order chi connectivity index (χ1) is 11.0. The van der Waals surface area contributed by atoms with Gasteiger partial charge in [-0.3, -0.25) is 9.69 Å². The molecule has 2 aromatic rings. The summed E-state index contributed by atoms with van der Waals surface area (Å²) in [6, 6.07) is 0.173. The lowest BCUT2D eigenvalue weighted by atomic mass is 10.2. The van der Waals surface area contributed by atoms with Gasteiger partial charge in [0.1, 0.15) is 5.82 Å². The summed E-state index contributed by atoms with van der Waals surface area (Å²) < 4.78 is 7.02. The third kappa shape index (κ3) is 3.58. The maximum absolute atomic E-state index is 12.0. The van der Waals surface area contributed by atoms with Gasteiger partial charge < -0.3 is 14.0 Å². The maximum atomic E-state index is 12.0. The van der Waals surface area contributed by atoms with E-state index >= 15 is 0 Å². The molecule has 23 heavy (non-hydrogen) atoms. The molecule has 1 unspecified atom stereocenters. The van der Waals surface area contributed by atoms with Gasteiger partial charge in [0.15, 0.2) is 5.82 Å². The highest BCUT2D eigenvalue weighted by Gasteiger charge is 2.30. The Hall–Kier alpha value is -2.22. The number of likely N-dealkylation sites (tertiary alicyclic amines) is 1. The van der Waals surface area contributed by atoms with E-state index in [0.29, 0.717) is 18.3 Å². The van der Waals surface area contributed by atoms with Gasteiger partial charge >= 0.3 is 0 Å². The molecule has 8 heteroatoms. The summed E-state index contributed by atoms with van der Waals surface area (Å²) in [7, 11) is 2.00. The molecule has 124 valence electrons. The molecular weight excluding hydrogens is 296 g/mol. The number of hydrogen-bond donors (Lipinski definition) is 0. The van der Waals surface area contributed by atoms with Crippen molar-refractivity contribution < 1.29 is 9.32 Å². The van der Waals surface area contributed by atoms with Crippen LogP contribution in [0.25, 0.3) is 0 Å². The molecule has 1 aliphatic heterocycles. The first-order valence-electron chi connectivity index (χ1n) is 7.78. The van der Waals surface area contributed by atoms with Gasteiger partial charge in [0, 0.05) is 52.4 Å². The van der Waals surface area contributed by atoms with E-state index in [1.165, 1.54) is 0 Å². The van der Waals surface area contributed by atoms with Crippen molar-refractivity contribution in [2.24, 2.45) is 7.05 Å². The summed E-state index contributed by atoms with van der Waals surface area (Å²) >= 11 is 0. The molecule has 1 amide bonds. The van der Waals surface area contributed by atoms with Crippen LogP contribution < -0.4 is 0 Å². The van der Waals surface area contributed by atoms with Crippen LogP contribution in [0.15, 0.2) is 16.9 Å². The van der Waals surface area contributed by atoms with Crippen molar-refractivity contribution in [1.29, 1.82) is 0 Å². The molecule has 3 rings (SSSR count). The molecule has 1 atom stereocenters. The van der Waals surface area contributed by atoms with Gasteiger partial charge in [-0.15, -0.1) is 0 Å². The second-order valence-corrected chi connectivity index (χ2v) is 6.01. The topological polar surface area (TPSA) is 80.3 Å². The smallest absolute Gasteiger partial charge is 0.223 e. The number of rotatable bonds is 5. The molecule has 0 N–H and O–H groups in total. The van der Waals surface area contributed by atoms with E-state index in [2.05, 4.69) is 20.0 Å². The van der Waals surface area contributed by atoms with Crippen molar-refractivity contribution in [2.45, 2.75) is 39.4 Å². The van der Waals surface area contributed by atoms with Crippen LogP contribution in [0.2, 0.25) is 0 Å². The number of nitrogens with zero attached hydrogens (tertiary/aromatic N) is 6. The predicted octanol–water partition coefficient (Wildman–Crippen LogP) is 0.735. The number of aromatic nitrogens is 4. The molecule has 0 spiro atoms. The van der Waals surface area contributed by atoms with Crippen molar-refractivity contribution >= 4 is 5.91 Å². The molecule has 3 heterocycles. The van der Waals surface area contributed by atoms with Gasteiger partial charge in [0.05, 0.1) is 13.1 Å². The Kier molecular flexibility index (Phi) is 4.42. The molecule has 0 aromatic carbocycles. The number of hydrogen-bond acceptors (Lipinski definition) is 6. The number of amides is 1. The van der Waals surface area contributed by atoms with Gasteiger partial charge in [-0.25, -0.2) is 4.98 Å². The molecule has 1 aliphatic rings. The minimum Gasteiger partial charge on any atom is -0.340 e. The SMILES string of the molecule is CC(=O)N(Cc1noc(C)n1)C1CCN(Cc2nccn2C)C1. The largest absolute Gasteiger partial charge is 0.340 e. The summed E-state index contributed by atoms with van der Waals surface area (Å²) in [6.45, 7) is 6.32. The van der Waals surface area contributed by atoms with Gasteiger partial charge in [0.25, 0.3) is 0 Å². The number of carbonyl (C=O) groups excluding carboxylic acids is 1. The van der Waals surface area contributed by atoms with E-state index in [1.807, 2.05) is 28.9 Å². The van der Waals surface area contributed by atoms with Gasteiger partial charge in [-0.05, 0) is 6.42 Å². The molecule has 1 fully saturated rings. The average molecular weight is 318 g/mol. The molecule has 0 aliphatic carbocycles. The minimum atomic E-state index is 0.0382. The first-order valence-corrected chi connectivity index (χ1v) is 7.78. The number of imidazole rings is 1. The molecule has 0 saturated carbocycles. The van der Waals surface area contributed by atoms with Gasteiger partial charge in [-0.2, -0.15) is 4.98 Å². The van der Waals surface area contributed by atoms with E-state index in [0.717, 1.165) is 31.9 Å². The third-order valence-electron chi connectivity index (χ3n) is 4.26. The fraction of sp³-hybridized carbons (Fsp3) is 0.600. The lowest BCUT2D eigenvalue weighted by molar-refractivity contribution is -0.131. The lowest BCUT2D eigenvalue weighted by Gasteiger charge is -2.27. The molecule has 0 radical (unpaired) electrons. The summed E-state index contributed by atoms with van der Waals surface area (Å²) in [6.07, 6.45) is 4.70. The maximum Gasteiger partial charge on any atom is 0.223 e. The van der Waals surface area contributed by atoms with Gasteiger partial charge in [-0.1, -0.05) is 5.16 Å². The van der Waals surface area contributed by atoms with Crippen molar-refractivity contribution in [1.82, 2.24) is 29.5 Å². The van der Waals surface area contributed by atoms with Crippen LogP contribution in [0.3, 0.4) is 0 Å². The van der Waals surface area contributed by atoms with Crippen LogP contribution in [-0.2, 0) is 24.9 Å². The quantitative estimate of drug-likeness (QED) is 0.809. The Labute approximate surface area is 135 Å². The van der Waals surface area contributed by atoms with Gasteiger partial charge in [0.2, 0.25) is 11.8 Å². The van der Waals surface area contributed by atoms with Crippen LogP contribution in [0.5, 0.6) is 0 Å². The normalized spacial score (nSPS) is 18.5. The molecule has 8 nitrogen and oxygen atoms in total. The zero-order chi connectivity index (χ0) is 16.4. The van der Waals surface area contributed by atoms with Crippen LogP contribution in [0.4, 0.5) is 0 Å². The standard InChI is InChI=1S/C15H22N6O2/c1-11-17-14(18-23-11)9-21(12(2)22)13-4-6-20(8-13)10-15-16-5-7-19(15)3/h5,7,13H,4,6,8-10H2,1-3H3. The van der Waals surface area contributed by atoms with Crippen molar-refractivity contribution in [3.8, 4) is 0 Å². The molecule has 0 bridgehead atoms. The highest BCUT2D eigenvalue weighted by Crippen LogP contribution is 2.19. The van der Waals surface area contributed by atoms with Crippen LogP contribution in [-0.4, -0.2) is 54.5 Å². The van der Waals surface area contributed by atoms with Crippen LogP contribution >= 0.6 is 0 Å². The van der Waals surface area contributed by atoms with Crippen molar-refractivity contribution in [2.75, 3.05) is 13.1 Å². The van der Waals surface area contributed by atoms with Crippen molar-refractivity contribution in [3.63, 3.8) is 0 Å². The Morgan fingerprint density at radius 3 is 2.96 bits per heavy atom. The monoisotopic (exact) mass is 318 g/mol. The average Bonchev–Trinajstić information content (AvgIpc) is 3.20. The Morgan fingerprint density at radius 2 is 2.35 bits per heavy atom. The molecular formula is C15H22N6O2. The zero-order valence-electron chi connectivity index (χ0n) is 13.8. The predicted molar refractivity (Wildman–Crippen MR) is 82.1 cm³/mol. The summed E-state index contributed by atoms with van der Waals surface area (Å²) in [5.41, 5.74) is 0. The minimum absolute atomic E-state index is 0.0382. The Bertz CT molecular complexity index is 679. The Morgan fingerprint density at radius 1 is 1.52 bits per heavy atom. The van der Waals surface area contributed by atoms with E-state index in [4.69, 9.17) is 4.52 Å². The molecule has 1 saturated heterocycles. The first kappa shape index (κ1) is 15.7. The molecule has 2 aromatic heterocycles. The number of carbonyl (C=O) groups is 1. The second kappa shape index (κ2) is 6.49. The lowest BCUT2D eigenvalue weighted by Crippen LogP contribution is -2.40. The third-order valence-corrected chi connectivity index (χ3v) is 4.26.